The highest BCUT2D eigenvalue weighted by atomic mass is 16.5. The van der Waals surface area contributed by atoms with Crippen molar-refractivity contribution >= 4 is 11.8 Å². The lowest BCUT2D eigenvalue weighted by Gasteiger charge is -2.17. The van der Waals surface area contributed by atoms with E-state index < -0.39 is 0 Å². The van der Waals surface area contributed by atoms with Crippen molar-refractivity contribution in [1.82, 2.24) is 20.2 Å². The van der Waals surface area contributed by atoms with E-state index in [0.717, 1.165) is 42.8 Å². The standard InChI is InChI=1S/C22H30N4O3/c1-15(2)14-24-21(27)19-18-6-4-5-13-26(18)20(25-19)22(28)23-12-11-16-7-9-17(29-3)10-8-16/h7-10,15H,4-6,11-14H2,1-3H3,(H,23,28)(H,24,27). The van der Waals surface area contributed by atoms with Crippen molar-refractivity contribution in [3.05, 3.63) is 47.0 Å². The monoisotopic (exact) mass is 398 g/mol. The third-order valence-electron chi connectivity index (χ3n) is 5.07. The summed E-state index contributed by atoms with van der Waals surface area (Å²) in [6.45, 7) is 5.91. The minimum atomic E-state index is -0.232. The molecule has 2 N–H and O–H groups in total. The smallest absolute Gasteiger partial charge is 0.287 e. The van der Waals surface area contributed by atoms with Gasteiger partial charge in [0.25, 0.3) is 11.8 Å². The van der Waals surface area contributed by atoms with Crippen LogP contribution in [-0.2, 0) is 19.4 Å². The summed E-state index contributed by atoms with van der Waals surface area (Å²) in [5.74, 6) is 1.08. The molecule has 2 amide bonds. The normalized spacial score (nSPS) is 13.1. The Hall–Kier alpha value is -2.83. The number of imidazole rings is 1. The lowest BCUT2D eigenvalue weighted by atomic mass is 10.1. The molecule has 0 saturated carbocycles. The number of fused-ring (bicyclic) bond motifs is 1. The molecule has 0 aliphatic carbocycles. The van der Waals surface area contributed by atoms with Crippen molar-refractivity contribution in [3.8, 4) is 5.75 Å². The third kappa shape index (κ3) is 5.16. The molecular weight excluding hydrogens is 368 g/mol. The van der Waals surface area contributed by atoms with E-state index in [0.29, 0.717) is 36.9 Å². The molecule has 0 saturated heterocycles. The molecule has 7 heteroatoms. The fraction of sp³-hybridized carbons (Fsp3) is 0.500. The number of carbonyl (C=O) groups excluding carboxylic acids is 2. The minimum absolute atomic E-state index is 0.193. The molecule has 1 aromatic heterocycles. The highest BCUT2D eigenvalue weighted by molar-refractivity contribution is 5.97. The van der Waals surface area contributed by atoms with Crippen LogP contribution >= 0.6 is 0 Å². The van der Waals surface area contributed by atoms with E-state index in [1.165, 1.54) is 0 Å². The molecule has 0 spiro atoms. The first-order valence-electron chi connectivity index (χ1n) is 10.3. The van der Waals surface area contributed by atoms with E-state index in [1.54, 1.807) is 7.11 Å². The van der Waals surface area contributed by atoms with Gasteiger partial charge in [-0.3, -0.25) is 9.59 Å². The molecule has 0 unspecified atom stereocenters. The Labute approximate surface area is 171 Å². The van der Waals surface area contributed by atoms with E-state index in [-0.39, 0.29) is 11.8 Å². The topological polar surface area (TPSA) is 85.2 Å². The first-order chi connectivity index (χ1) is 14.0. The summed E-state index contributed by atoms with van der Waals surface area (Å²) >= 11 is 0. The SMILES string of the molecule is COc1ccc(CCNC(=O)c2nc(C(=O)NCC(C)C)c3n2CCCC3)cc1. The molecule has 1 aliphatic heterocycles. The van der Waals surface area contributed by atoms with Gasteiger partial charge in [-0.25, -0.2) is 4.98 Å². The second kappa shape index (κ2) is 9.58. The third-order valence-corrected chi connectivity index (χ3v) is 5.07. The van der Waals surface area contributed by atoms with Crippen LogP contribution in [0.4, 0.5) is 0 Å². The molecular formula is C22H30N4O3. The number of hydrogen-bond donors (Lipinski definition) is 2. The van der Waals surface area contributed by atoms with Crippen LogP contribution in [0.1, 0.15) is 59.1 Å². The molecule has 2 aromatic rings. The number of ether oxygens (including phenoxy) is 1. The highest BCUT2D eigenvalue weighted by Gasteiger charge is 2.27. The molecule has 0 atom stereocenters. The number of rotatable bonds is 8. The van der Waals surface area contributed by atoms with Crippen molar-refractivity contribution in [2.45, 2.75) is 46.1 Å². The van der Waals surface area contributed by atoms with Crippen LogP contribution in [0.25, 0.3) is 0 Å². The van der Waals surface area contributed by atoms with E-state index in [4.69, 9.17) is 4.74 Å². The molecule has 0 fully saturated rings. The largest absolute Gasteiger partial charge is 0.497 e. The van der Waals surface area contributed by atoms with Gasteiger partial charge in [-0.05, 0) is 49.3 Å². The van der Waals surface area contributed by atoms with Crippen molar-refractivity contribution < 1.29 is 14.3 Å². The fourth-order valence-corrected chi connectivity index (χ4v) is 3.47. The number of amides is 2. The summed E-state index contributed by atoms with van der Waals surface area (Å²) in [5.41, 5.74) is 2.38. The van der Waals surface area contributed by atoms with Gasteiger partial charge in [-0.2, -0.15) is 0 Å². The lowest BCUT2D eigenvalue weighted by molar-refractivity contribution is 0.0938. The van der Waals surface area contributed by atoms with Crippen molar-refractivity contribution in [1.29, 1.82) is 0 Å². The zero-order valence-electron chi connectivity index (χ0n) is 17.5. The zero-order chi connectivity index (χ0) is 20.8. The number of nitrogens with zero attached hydrogens (tertiary/aromatic N) is 2. The Kier molecular flexibility index (Phi) is 6.90. The minimum Gasteiger partial charge on any atom is -0.497 e. The Morgan fingerprint density at radius 2 is 1.90 bits per heavy atom. The Balaban J connectivity index is 1.66. The lowest BCUT2D eigenvalue weighted by Crippen LogP contribution is -2.29. The maximum atomic E-state index is 12.8. The van der Waals surface area contributed by atoms with Crippen LogP contribution in [0.15, 0.2) is 24.3 Å². The van der Waals surface area contributed by atoms with Gasteiger partial charge in [0.2, 0.25) is 0 Å². The summed E-state index contributed by atoms with van der Waals surface area (Å²) in [6.07, 6.45) is 3.48. The summed E-state index contributed by atoms with van der Waals surface area (Å²) in [4.78, 5) is 29.8. The van der Waals surface area contributed by atoms with Crippen LogP contribution in [0.2, 0.25) is 0 Å². The molecule has 29 heavy (non-hydrogen) atoms. The molecule has 156 valence electrons. The fourth-order valence-electron chi connectivity index (χ4n) is 3.47. The van der Waals surface area contributed by atoms with Crippen molar-refractivity contribution in [2.75, 3.05) is 20.2 Å². The first-order valence-corrected chi connectivity index (χ1v) is 10.3. The average molecular weight is 399 g/mol. The van der Waals surface area contributed by atoms with Crippen LogP contribution in [0.5, 0.6) is 5.75 Å². The first kappa shape index (κ1) is 20.9. The Morgan fingerprint density at radius 1 is 1.14 bits per heavy atom. The molecule has 1 aromatic carbocycles. The number of methoxy groups -OCH3 is 1. The van der Waals surface area contributed by atoms with E-state index in [9.17, 15) is 9.59 Å². The second-order valence-electron chi connectivity index (χ2n) is 7.80. The van der Waals surface area contributed by atoms with Crippen molar-refractivity contribution in [2.24, 2.45) is 5.92 Å². The average Bonchev–Trinajstić information content (AvgIpc) is 3.12. The number of hydrogen-bond acceptors (Lipinski definition) is 4. The summed E-state index contributed by atoms with van der Waals surface area (Å²) < 4.78 is 7.07. The maximum absolute atomic E-state index is 12.8. The predicted octanol–water partition coefficient (Wildman–Crippen LogP) is 2.59. The molecule has 1 aliphatic rings. The number of carbonyl (C=O) groups is 2. The highest BCUT2D eigenvalue weighted by Crippen LogP contribution is 2.21. The van der Waals surface area contributed by atoms with Gasteiger partial charge in [0.15, 0.2) is 5.82 Å². The molecule has 0 radical (unpaired) electrons. The van der Waals surface area contributed by atoms with Crippen LogP contribution in [-0.4, -0.2) is 41.6 Å². The Bertz CT molecular complexity index is 856. The number of aromatic nitrogens is 2. The Morgan fingerprint density at radius 3 is 2.59 bits per heavy atom. The second-order valence-corrected chi connectivity index (χ2v) is 7.80. The molecule has 3 rings (SSSR count). The van der Waals surface area contributed by atoms with Gasteiger partial charge in [-0.15, -0.1) is 0 Å². The zero-order valence-corrected chi connectivity index (χ0v) is 17.5. The van der Waals surface area contributed by atoms with Gasteiger partial charge in [0, 0.05) is 19.6 Å². The summed E-state index contributed by atoms with van der Waals surface area (Å²) in [6, 6.07) is 7.79. The van der Waals surface area contributed by atoms with E-state index >= 15 is 0 Å². The molecule has 0 bridgehead atoms. The van der Waals surface area contributed by atoms with Crippen LogP contribution < -0.4 is 15.4 Å². The molecule has 7 nitrogen and oxygen atoms in total. The molecule has 2 heterocycles. The maximum Gasteiger partial charge on any atom is 0.287 e. The van der Waals surface area contributed by atoms with Gasteiger partial charge < -0.3 is 19.9 Å². The van der Waals surface area contributed by atoms with Gasteiger partial charge >= 0.3 is 0 Å². The van der Waals surface area contributed by atoms with Gasteiger partial charge in [0.05, 0.1) is 12.8 Å². The number of benzene rings is 1. The summed E-state index contributed by atoms with van der Waals surface area (Å²) in [5, 5.41) is 5.86. The van der Waals surface area contributed by atoms with Gasteiger partial charge in [0.1, 0.15) is 11.4 Å². The van der Waals surface area contributed by atoms with E-state index in [1.807, 2.05) is 42.7 Å². The van der Waals surface area contributed by atoms with E-state index in [2.05, 4.69) is 15.6 Å². The summed E-state index contributed by atoms with van der Waals surface area (Å²) in [7, 11) is 1.64. The quantitative estimate of drug-likeness (QED) is 0.716. The van der Waals surface area contributed by atoms with Crippen LogP contribution in [0.3, 0.4) is 0 Å². The predicted molar refractivity (Wildman–Crippen MR) is 111 cm³/mol. The van der Waals surface area contributed by atoms with Gasteiger partial charge in [-0.1, -0.05) is 26.0 Å². The number of nitrogens with one attached hydrogen (secondary N) is 2. The van der Waals surface area contributed by atoms with Crippen LogP contribution in [0, 0.1) is 5.92 Å². The van der Waals surface area contributed by atoms with Crippen molar-refractivity contribution in [3.63, 3.8) is 0 Å².